The van der Waals surface area contributed by atoms with Crippen LogP contribution in [0.3, 0.4) is 0 Å². The first-order chi connectivity index (χ1) is 16.3. The van der Waals surface area contributed by atoms with Gasteiger partial charge >= 0.3 is 0 Å². The number of sulfonamides is 1. The summed E-state index contributed by atoms with van der Waals surface area (Å²) in [4.78, 5) is 26.3. The Morgan fingerprint density at radius 2 is 1.65 bits per heavy atom. The molecule has 2 amide bonds. The molecule has 1 aliphatic heterocycles. The van der Waals surface area contributed by atoms with Gasteiger partial charge in [-0.1, -0.05) is 49.2 Å². The molecule has 34 heavy (non-hydrogen) atoms. The van der Waals surface area contributed by atoms with Crippen LogP contribution >= 0.6 is 11.3 Å². The maximum atomic E-state index is 13.2. The van der Waals surface area contributed by atoms with E-state index in [9.17, 15) is 18.0 Å². The lowest BCUT2D eigenvalue weighted by atomic mass is 10.0. The second-order valence-corrected chi connectivity index (χ2v) is 11.4. The molecule has 2 aromatic carbocycles. The van der Waals surface area contributed by atoms with Crippen molar-refractivity contribution < 1.29 is 18.0 Å². The Labute approximate surface area is 203 Å². The molecule has 9 heteroatoms. The van der Waals surface area contributed by atoms with E-state index in [2.05, 4.69) is 5.32 Å². The first-order valence-electron chi connectivity index (χ1n) is 11.2. The molecule has 0 spiro atoms. The Bertz CT molecular complexity index is 1310. The van der Waals surface area contributed by atoms with Gasteiger partial charge in [-0.2, -0.15) is 4.31 Å². The monoisotopic (exact) mass is 497 g/mol. The second kappa shape index (κ2) is 10.1. The van der Waals surface area contributed by atoms with E-state index in [-0.39, 0.29) is 16.0 Å². The van der Waals surface area contributed by atoms with Crippen LogP contribution in [0.2, 0.25) is 0 Å². The molecule has 1 saturated heterocycles. The molecule has 4 rings (SSSR count). The minimum atomic E-state index is -3.69. The van der Waals surface area contributed by atoms with Crippen molar-refractivity contribution in [2.75, 3.05) is 18.4 Å². The largest absolute Gasteiger partial charge is 0.365 e. The van der Waals surface area contributed by atoms with Crippen molar-refractivity contribution >= 4 is 38.2 Å². The van der Waals surface area contributed by atoms with Crippen LogP contribution in [-0.4, -0.2) is 37.6 Å². The zero-order chi connectivity index (χ0) is 24.3. The molecule has 0 radical (unpaired) electrons. The molecule has 3 N–H and O–H groups in total. The fraction of sp³-hybridized carbons (Fsp3) is 0.280. The quantitative estimate of drug-likeness (QED) is 0.517. The molecule has 0 bridgehead atoms. The van der Waals surface area contributed by atoms with Gasteiger partial charge in [0.15, 0.2) is 0 Å². The van der Waals surface area contributed by atoms with Crippen molar-refractivity contribution in [1.29, 1.82) is 0 Å². The van der Waals surface area contributed by atoms with E-state index in [0.717, 1.165) is 36.1 Å². The van der Waals surface area contributed by atoms with Gasteiger partial charge in [0.2, 0.25) is 10.0 Å². The molecule has 1 aliphatic rings. The van der Waals surface area contributed by atoms with E-state index in [1.54, 1.807) is 12.1 Å². The van der Waals surface area contributed by atoms with Gasteiger partial charge in [0, 0.05) is 29.1 Å². The highest BCUT2D eigenvalue weighted by Crippen LogP contribution is 2.39. The number of nitrogens with one attached hydrogen (secondary N) is 1. The Morgan fingerprint density at radius 1 is 0.971 bits per heavy atom. The summed E-state index contributed by atoms with van der Waals surface area (Å²) in [5, 5.41) is 3.12. The van der Waals surface area contributed by atoms with Crippen LogP contribution in [0.15, 0.2) is 59.5 Å². The van der Waals surface area contributed by atoms with Gasteiger partial charge in [-0.05, 0) is 43.5 Å². The van der Waals surface area contributed by atoms with E-state index in [4.69, 9.17) is 5.73 Å². The average Bonchev–Trinajstić information content (AvgIpc) is 2.98. The molecule has 0 atom stereocenters. The molecular weight excluding hydrogens is 470 g/mol. The van der Waals surface area contributed by atoms with Gasteiger partial charge in [0.1, 0.15) is 5.00 Å². The summed E-state index contributed by atoms with van der Waals surface area (Å²) in [7, 11) is -3.69. The summed E-state index contributed by atoms with van der Waals surface area (Å²) in [6.07, 6.45) is 3.69. The SMILES string of the molecule is Cc1sc(NC(=O)c2cccc(S(=O)(=O)N3CCCCCC3)c2)c(C(N)=O)c1-c1ccccc1. The zero-order valence-corrected chi connectivity index (χ0v) is 20.5. The smallest absolute Gasteiger partial charge is 0.256 e. The van der Waals surface area contributed by atoms with Crippen LogP contribution in [0.5, 0.6) is 0 Å². The van der Waals surface area contributed by atoms with E-state index in [1.807, 2.05) is 37.3 Å². The fourth-order valence-corrected chi connectivity index (χ4v) is 6.86. The van der Waals surface area contributed by atoms with Crippen molar-refractivity contribution in [1.82, 2.24) is 4.31 Å². The second-order valence-electron chi connectivity index (χ2n) is 8.27. The molecule has 2 heterocycles. The molecule has 1 aromatic heterocycles. The first-order valence-corrected chi connectivity index (χ1v) is 13.4. The van der Waals surface area contributed by atoms with Crippen molar-refractivity contribution in [3.8, 4) is 11.1 Å². The lowest BCUT2D eigenvalue weighted by Gasteiger charge is -2.20. The van der Waals surface area contributed by atoms with Crippen LogP contribution in [-0.2, 0) is 10.0 Å². The number of carbonyl (C=O) groups is 2. The standard InChI is InChI=1S/C25H27N3O4S2/c1-17-21(18-10-5-4-6-11-18)22(23(26)29)25(33-17)27-24(30)19-12-9-13-20(16-19)34(31,32)28-14-7-2-3-8-15-28/h4-6,9-13,16H,2-3,7-8,14-15H2,1H3,(H2,26,29)(H,27,30). The predicted molar refractivity (Wildman–Crippen MR) is 135 cm³/mol. The highest BCUT2D eigenvalue weighted by molar-refractivity contribution is 7.89. The average molecular weight is 498 g/mol. The highest BCUT2D eigenvalue weighted by Gasteiger charge is 2.27. The van der Waals surface area contributed by atoms with Gasteiger partial charge in [0.25, 0.3) is 11.8 Å². The fourth-order valence-electron chi connectivity index (χ4n) is 4.22. The molecular formula is C25H27N3O4S2. The number of nitrogens with two attached hydrogens (primary N) is 1. The molecule has 0 saturated carbocycles. The number of carbonyl (C=O) groups excluding carboxylic acids is 2. The number of anilines is 1. The predicted octanol–water partition coefficient (Wildman–Crippen LogP) is 4.64. The van der Waals surface area contributed by atoms with Crippen molar-refractivity contribution in [2.24, 2.45) is 5.73 Å². The van der Waals surface area contributed by atoms with Crippen molar-refractivity contribution in [2.45, 2.75) is 37.5 Å². The number of hydrogen-bond donors (Lipinski definition) is 2. The van der Waals surface area contributed by atoms with E-state index < -0.39 is 21.8 Å². The summed E-state index contributed by atoms with van der Waals surface area (Å²) in [6.45, 7) is 2.83. The molecule has 0 unspecified atom stereocenters. The van der Waals surface area contributed by atoms with Crippen molar-refractivity contribution in [3.63, 3.8) is 0 Å². The first kappa shape index (κ1) is 24.1. The van der Waals surface area contributed by atoms with Crippen LogP contribution in [0.1, 0.15) is 51.3 Å². The number of primary amides is 1. The molecule has 3 aromatic rings. The third kappa shape index (κ3) is 4.91. The van der Waals surface area contributed by atoms with Crippen LogP contribution < -0.4 is 11.1 Å². The van der Waals surface area contributed by atoms with Gasteiger partial charge in [-0.3, -0.25) is 9.59 Å². The molecule has 178 valence electrons. The van der Waals surface area contributed by atoms with Gasteiger partial charge in [-0.25, -0.2) is 8.42 Å². The van der Waals surface area contributed by atoms with E-state index in [0.29, 0.717) is 23.7 Å². The molecule has 1 fully saturated rings. The van der Waals surface area contributed by atoms with Gasteiger partial charge in [0.05, 0.1) is 10.5 Å². The maximum absolute atomic E-state index is 13.2. The summed E-state index contributed by atoms with van der Waals surface area (Å²) >= 11 is 1.26. The number of nitrogens with zero attached hydrogens (tertiary/aromatic N) is 1. The number of aryl methyl sites for hydroxylation is 1. The normalized spacial score (nSPS) is 15.0. The Balaban J connectivity index is 1.64. The number of rotatable bonds is 6. The molecule has 0 aliphatic carbocycles. The maximum Gasteiger partial charge on any atom is 0.256 e. The summed E-state index contributed by atoms with van der Waals surface area (Å²) in [5.74, 6) is -1.15. The minimum Gasteiger partial charge on any atom is -0.365 e. The lowest BCUT2D eigenvalue weighted by Crippen LogP contribution is -2.32. The topological polar surface area (TPSA) is 110 Å². The third-order valence-electron chi connectivity index (χ3n) is 5.92. The Kier molecular flexibility index (Phi) is 7.16. The number of amides is 2. The highest BCUT2D eigenvalue weighted by atomic mass is 32.2. The Hall–Kier alpha value is -3.01. The number of benzene rings is 2. The van der Waals surface area contributed by atoms with Gasteiger partial charge in [-0.15, -0.1) is 11.3 Å². The summed E-state index contributed by atoms with van der Waals surface area (Å²) < 4.78 is 27.8. The van der Waals surface area contributed by atoms with Crippen LogP contribution in [0, 0.1) is 6.92 Å². The number of hydrogen-bond acceptors (Lipinski definition) is 5. The summed E-state index contributed by atoms with van der Waals surface area (Å²) in [5.41, 5.74) is 7.64. The minimum absolute atomic E-state index is 0.0875. The summed E-state index contributed by atoms with van der Waals surface area (Å²) in [6, 6.07) is 15.4. The number of thiophene rings is 1. The van der Waals surface area contributed by atoms with Crippen LogP contribution in [0.4, 0.5) is 5.00 Å². The van der Waals surface area contributed by atoms with Crippen LogP contribution in [0.25, 0.3) is 11.1 Å². The van der Waals surface area contributed by atoms with Gasteiger partial charge < -0.3 is 11.1 Å². The molecule has 7 nitrogen and oxygen atoms in total. The Morgan fingerprint density at radius 3 is 2.29 bits per heavy atom. The lowest BCUT2D eigenvalue weighted by molar-refractivity contribution is 0.100. The van der Waals surface area contributed by atoms with E-state index >= 15 is 0 Å². The van der Waals surface area contributed by atoms with Crippen molar-refractivity contribution in [3.05, 3.63) is 70.6 Å². The third-order valence-corrected chi connectivity index (χ3v) is 8.83. The zero-order valence-electron chi connectivity index (χ0n) is 18.9. The van der Waals surface area contributed by atoms with E-state index in [1.165, 1.54) is 27.8 Å².